The maximum absolute atomic E-state index is 5.26. The van der Waals surface area contributed by atoms with Crippen LogP contribution in [0.5, 0.6) is 0 Å². The van der Waals surface area contributed by atoms with Gasteiger partial charge in [0, 0.05) is 12.5 Å². The van der Waals surface area contributed by atoms with Crippen LogP contribution in [-0.4, -0.2) is 7.05 Å². The lowest BCUT2D eigenvalue weighted by atomic mass is 10.1. The molecule has 1 nitrogen and oxygen atoms in total. The molecule has 12 heavy (non-hydrogen) atoms. The van der Waals surface area contributed by atoms with E-state index >= 15 is 0 Å². The molecule has 0 radical (unpaired) electrons. The second kappa shape index (κ2) is 4.85. The minimum Gasteiger partial charge on any atom is -0.312 e. The van der Waals surface area contributed by atoms with Crippen molar-refractivity contribution in [1.82, 2.24) is 5.32 Å². The first-order valence-electron chi connectivity index (χ1n) is 3.62. The van der Waals surface area contributed by atoms with Gasteiger partial charge < -0.3 is 5.32 Å². The van der Waals surface area contributed by atoms with E-state index in [0.29, 0.717) is 6.04 Å². The number of hydrogen-bond donors (Lipinski definition) is 1. The molecule has 1 aromatic rings. The van der Waals surface area contributed by atoms with Crippen LogP contribution in [0.4, 0.5) is 0 Å². The van der Waals surface area contributed by atoms with E-state index in [1.807, 2.05) is 7.05 Å². The molecule has 0 saturated carbocycles. The van der Waals surface area contributed by atoms with Crippen molar-refractivity contribution >= 4 is 33.9 Å². The van der Waals surface area contributed by atoms with Crippen molar-refractivity contribution in [2.45, 2.75) is 12.5 Å². The summed E-state index contributed by atoms with van der Waals surface area (Å²) in [6, 6.07) is 2.48. The Morgan fingerprint density at radius 3 is 3.00 bits per heavy atom. The molecule has 3 heteroatoms. The van der Waals surface area contributed by atoms with Crippen LogP contribution in [-0.2, 0) is 0 Å². The largest absolute Gasteiger partial charge is 0.312 e. The first-order valence-corrected chi connectivity index (χ1v) is 5.58. The van der Waals surface area contributed by atoms with Crippen LogP contribution in [0.3, 0.4) is 0 Å². The van der Waals surface area contributed by atoms with Crippen LogP contribution >= 0.6 is 33.9 Å². The molecular formula is C9H10INS. The number of nitrogens with one attached hydrogen (secondary N) is 1. The molecule has 1 rings (SSSR count). The third kappa shape index (κ3) is 2.47. The lowest BCUT2D eigenvalue weighted by molar-refractivity contribution is 0.613. The van der Waals surface area contributed by atoms with Crippen LogP contribution in [0, 0.1) is 15.2 Å². The van der Waals surface area contributed by atoms with Gasteiger partial charge >= 0.3 is 0 Å². The Morgan fingerprint density at radius 2 is 2.58 bits per heavy atom. The highest BCUT2D eigenvalue weighted by Gasteiger charge is 2.08. The zero-order valence-corrected chi connectivity index (χ0v) is 9.78. The van der Waals surface area contributed by atoms with Gasteiger partial charge in [0.05, 0.1) is 2.88 Å². The second-order valence-corrected chi connectivity index (χ2v) is 5.24. The zero-order valence-electron chi connectivity index (χ0n) is 6.80. The normalized spacial score (nSPS) is 12.4. The average Bonchev–Trinajstić information content (AvgIpc) is 2.47. The fourth-order valence-electron chi connectivity index (χ4n) is 1.01. The average molecular weight is 291 g/mol. The Bertz CT molecular complexity index is 287. The molecule has 0 aliphatic carbocycles. The summed E-state index contributed by atoms with van der Waals surface area (Å²) in [5, 5.41) is 5.35. The van der Waals surface area contributed by atoms with Crippen molar-refractivity contribution in [2.75, 3.05) is 7.05 Å². The van der Waals surface area contributed by atoms with Crippen molar-refractivity contribution in [1.29, 1.82) is 0 Å². The minimum atomic E-state index is 0.315. The highest BCUT2D eigenvalue weighted by Crippen LogP contribution is 2.23. The molecule has 0 aliphatic rings. The van der Waals surface area contributed by atoms with Gasteiger partial charge in [0.2, 0.25) is 0 Å². The topological polar surface area (TPSA) is 12.0 Å². The van der Waals surface area contributed by atoms with E-state index in [4.69, 9.17) is 6.42 Å². The van der Waals surface area contributed by atoms with Crippen LogP contribution in [0.1, 0.15) is 18.0 Å². The first kappa shape index (κ1) is 10.0. The summed E-state index contributed by atoms with van der Waals surface area (Å²) in [7, 11) is 1.94. The third-order valence-corrected chi connectivity index (χ3v) is 3.47. The summed E-state index contributed by atoms with van der Waals surface area (Å²) >= 11 is 4.07. The maximum atomic E-state index is 5.26. The van der Waals surface area contributed by atoms with Crippen LogP contribution in [0.25, 0.3) is 0 Å². The van der Waals surface area contributed by atoms with Crippen molar-refractivity contribution in [3.63, 3.8) is 0 Å². The molecule has 0 spiro atoms. The summed E-state index contributed by atoms with van der Waals surface area (Å²) in [5.74, 6) is 2.67. The van der Waals surface area contributed by atoms with Crippen molar-refractivity contribution < 1.29 is 0 Å². The number of rotatable bonds is 3. The highest BCUT2D eigenvalue weighted by atomic mass is 127. The van der Waals surface area contributed by atoms with Gasteiger partial charge in [-0.05, 0) is 46.6 Å². The summed E-state index contributed by atoms with van der Waals surface area (Å²) < 4.78 is 1.31. The molecule has 0 aromatic carbocycles. The number of terminal acetylenes is 1. The van der Waals surface area contributed by atoms with E-state index < -0.39 is 0 Å². The molecule has 0 amide bonds. The first-order chi connectivity index (χ1) is 5.77. The van der Waals surface area contributed by atoms with E-state index in [0.717, 1.165) is 6.42 Å². The molecule has 0 bridgehead atoms. The van der Waals surface area contributed by atoms with Crippen molar-refractivity contribution in [3.05, 3.63) is 19.9 Å². The standard InChI is InChI=1S/C9H10INS/c1-3-4-8(11-2)7-5-9(10)12-6-7/h1,5-6,8,11H,4H2,2H3. The lowest BCUT2D eigenvalue weighted by Crippen LogP contribution is -2.14. The summed E-state index contributed by atoms with van der Waals surface area (Å²) in [6.45, 7) is 0. The smallest absolute Gasteiger partial charge is 0.0656 e. The molecule has 1 aromatic heterocycles. The minimum absolute atomic E-state index is 0.315. The molecule has 1 atom stereocenters. The Labute approximate surface area is 90.7 Å². The molecule has 0 aliphatic heterocycles. The Morgan fingerprint density at radius 1 is 1.83 bits per heavy atom. The fourth-order valence-corrected chi connectivity index (χ4v) is 2.44. The number of hydrogen-bond acceptors (Lipinski definition) is 2. The molecule has 0 saturated heterocycles. The zero-order chi connectivity index (χ0) is 8.97. The van der Waals surface area contributed by atoms with Crippen LogP contribution < -0.4 is 5.32 Å². The predicted octanol–water partition coefficient (Wildman–Crippen LogP) is 2.64. The van der Waals surface area contributed by atoms with E-state index in [1.54, 1.807) is 11.3 Å². The Kier molecular flexibility index (Phi) is 4.06. The van der Waals surface area contributed by atoms with Crippen LogP contribution in [0.2, 0.25) is 0 Å². The second-order valence-electron chi connectivity index (χ2n) is 2.43. The van der Waals surface area contributed by atoms with E-state index in [9.17, 15) is 0 Å². The van der Waals surface area contributed by atoms with Gasteiger partial charge in [0.25, 0.3) is 0 Å². The predicted molar refractivity (Wildman–Crippen MR) is 62.3 cm³/mol. The number of thiophene rings is 1. The van der Waals surface area contributed by atoms with Gasteiger partial charge in [-0.2, -0.15) is 0 Å². The summed E-state index contributed by atoms with van der Waals surface area (Å²) in [6.07, 6.45) is 6.01. The van der Waals surface area contributed by atoms with Gasteiger partial charge in [-0.15, -0.1) is 23.7 Å². The van der Waals surface area contributed by atoms with Crippen LogP contribution in [0.15, 0.2) is 11.4 Å². The fraction of sp³-hybridized carbons (Fsp3) is 0.333. The van der Waals surface area contributed by atoms with Gasteiger partial charge in [-0.25, -0.2) is 0 Å². The van der Waals surface area contributed by atoms with E-state index in [1.165, 1.54) is 8.45 Å². The third-order valence-electron chi connectivity index (χ3n) is 1.66. The van der Waals surface area contributed by atoms with Gasteiger partial charge in [-0.3, -0.25) is 0 Å². The van der Waals surface area contributed by atoms with Gasteiger partial charge in [-0.1, -0.05) is 0 Å². The van der Waals surface area contributed by atoms with Gasteiger partial charge in [0.15, 0.2) is 0 Å². The summed E-state index contributed by atoms with van der Waals surface area (Å²) in [5.41, 5.74) is 1.30. The monoisotopic (exact) mass is 291 g/mol. The van der Waals surface area contributed by atoms with E-state index in [2.05, 4.69) is 45.3 Å². The number of halogens is 1. The maximum Gasteiger partial charge on any atom is 0.0656 e. The molecule has 1 unspecified atom stereocenters. The quantitative estimate of drug-likeness (QED) is 0.667. The lowest BCUT2D eigenvalue weighted by Gasteiger charge is -2.10. The Hall–Kier alpha value is -0.0500. The molecule has 0 fully saturated rings. The molecular weight excluding hydrogens is 281 g/mol. The molecule has 64 valence electrons. The SMILES string of the molecule is C#CCC(NC)c1csc(I)c1. The Balaban J connectivity index is 2.74. The summed E-state index contributed by atoms with van der Waals surface area (Å²) in [4.78, 5) is 0. The molecule has 1 N–H and O–H groups in total. The highest BCUT2D eigenvalue weighted by molar-refractivity contribution is 14.1. The van der Waals surface area contributed by atoms with Crippen molar-refractivity contribution in [3.8, 4) is 12.3 Å². The van der Waals surface area contributed by atoms with Gasteiger partial charge in [0.1, 0.15) is 0 Å². The molecule has 1 heterocycles. The van der Waals surface area contributed by atoms with E-state index in [-0.39, 0.29) is 0 Å². The van der Waals surface area contributed by atoms with Crippen molar-refractivity contribution in [2.24, 2.45) is 0 Å².